The van der Waals surface area contributed by atoms with Crippen molar-refractivity contribution in [3.8, 4) is 5.69 Å². The van der Waals surface area contributed by atoms with Crippen LogP contribution in [0.15, 0.2) is 48.7 Å². The van der Waals surface area contributed by atoms with Crippen LogP contribution in [0.3, 0.4) is 0 Å². The average molecular weight is 358 g/mol. The molecule has 6 nitrogen and oxygen atoms in total. The lowest BCUT2D eigenvalue weighted by Gasteiger charge is -2.31. The summed E-state index contributed by atoms with van der Waals surface area (Å²) in [5.74, 6) is 0.188. The molecule has 0 aliphatic carbocycles. The number of hydrogen-bond donors (Lipinski definition) is 2. The van der Waals surface area contributed by atoms with E-state index >= 15 is 0 Å². The van der Waals surface area contributed by atoms with E-state index in [9.17, 15) is 9.59 Å². The van der Waals surface area contributed by atoms with E-state index in [1.54, 1.807) is 10.9 Å². The normalized spacial score (nSPS) is 20.2. The third-order valence-corrected chi connectivity index (χ3v) is 5.53. The first-order valence-corrected chi connectivity index (χ1v) is 8.87. The van der Waals surface area contributed by atoms with Crippen LogP contribution in [-0.4, -0.2) is 21.6 Å². The van der Waals surface area contributed by atoms with Crippen LogP contribution in [0.2, 0.25) is 0 Å². The molecule has 1 aromatic heterocycles. The van der Waals surface area contributed by atoms with Crippen LogP contribution in [0.25, 0.3) is 5.69 Å². The molecule has 0 radical (unpaired) electrons. The Morgan fingerprint density at radius 3 is 2.70 bits per heavy atom. The first-order chi connectivity index (χ1) is 13.0. The molecular weight excluding hydrogens is 340 g/mol. The Morgan fingerprint density at radius 2 is 1.85 bits per heavy atom. The fourth-order valence-electron chi connectivity index (χ4n) is 4.18. The first kappa shape index (κ1) is 15.8. The Balaban J connectivity index is 1.78. The number of anilines is 2. The van der Waals surface area contributed by atoms with Crippen molar-refractivity contribution in [2.24, 2.45) is 0 Å². The van der Waals surface area contributed by atoms with E-state index in [1.807, 2.05) is 56.3 Å². The number of para-hydroxylation sites is 1. The summed E-state index contributed by atoms with van der Waals surface area (Å²) in [6.45, 7) is 4.01. The van der Waals surface area contributed by atoms with Gasteiger partial charge in [-0.1, -0.05) is 30.3 Å². The molecule has 0 fully saturated rings. The molecule has 3 heterocycles. The molecule has 0 saturated heterocycles. The van der Waals surface area contributed by atoms with Gasteiger partial charge in [-0.2, -0.15) is 5.10 Å². The van der Waals surface area contributed by atoms with E-state index in [4.69, 9.17) is 0 Å². The Kier molecular flexibility index (Phi) is 3.10. The van der Waals surface area contributed by atoms with Crippen LogP contribution in [0.4, 0.5) is 11.5 Å². The number of fused-ring (bicyclic) bond motifs is 4. The lowest BCUT2D eigenvalue weighted by Crippen LogP contribution is -2.43. The van der Waals surface area contributed by atoms with Crippen molar-refractivity contribution in [1.29, 1.82) is 0 Å². The standard InChI is InChI=1S/C21H18N4O2/c1-12-7-8-13(2)17(9-12)25-19-15(11-22-25)21(10-18(26)24-19)14-5-3-4-6-16(14)23-20(21)27/h3-9,11H,10H2,1-2H3,(H,23,27)(H,24,26)/t21-/m0/s1. The van der Waals surface area contributed by atoms with Crippen molar-refractivity contribution < 1.29 is 9.59 Å². The largest absolute Gasteiger partial charge is 0.325 e. The fraction of sp³-hybridized carbons (Fsp3) is 0.190. The summed E-state index contributed by atoms with van der Waals surface area (Å²) in [5.41, 5.74) is 4.29. The Labute approximate surface area is 156 Å². The Hall–Kier alpha value is -3.41. The van der Waals surface area contributed by atoms with Gasteiger partial charge in [-0.3, -0.25) is 9.59 Å². The van der Waals surface area contributed by atoms with Crippen molar-refractivity contribution in [1.82, 2.24) is 9.78 Å². The second kappa shape index (κ2) is 5.30. The summed E-state index contributed by atoms with van der Waals surface area (Å²) in [6.07, 6.45) is 1.78. The summed E-state index contributed by atoms with van der Waals surface area (Å²) >= 11 is 0. The van der Waals surface area contributed by atoms with Gasteiger partial charge in [0.05, 0.1) is 11.9 Å². The molecule has 6 heteroatoms. The zero-order valence-electron chi connectivity index (χ0n) is 15.0. The fourth-order valence-corrected chi connectivity index (χ4v) is 4.18. The maximum absolute atomic E-state index is 13.1. The molecule has 134 valence electrons. The van der Waals surface area contributed by atoms with Crippen molar-refractivity contribution in [3.05, 3.63) is 70.9 Å². The van der Waals surface area contributed by atoms with Crippen LogP contribution in [0.5, 0.6) is 0 Å². The molecule has 0 bridgehead atoms. The summed E-state index contributed by atoms with van der Waals surface area (Å²) in [6, 6.07) is 13.6. The van der Waals surface area contributed by atoms with Gasteiger partial charge in [-0.15, -0.1) is 0 Å². The topological polar surface area (TPSA) is 76.0 Å². The molecule has 27 heavy (non-hydrogen) atoms. The number of rotatable bonds is 1. The minimum absolute atomic E-state index is 0.0708. The van der Waals surface area contributed by atoms with E-state index in [0.29, 0.717) is 5.82 Å². The van der Waals surface area contributed by atoms with E-state index in [1.165, 1.54) is 0 Å². The maximum Gasteiger partial charge on any atom is 0.240 e. The molecule has 1 atom stereocenters. The average Bonchev–Trinajstić information content (AvgIpc) is 3.18. The molecule has 5 rings (SSSR count). The van der Waals surface area contributed by atoms with Crippen molar-refractivity contribution >= 4 is 23.3 Å². The van der Waals surface area contributed by atoms with Crippen LogP contribution >= 0.6 is 0 Å². The number of carbonyl (C=O) groups is 2. The number of aryl methyl sites for hydroxylation is 2. The van der Waals surface area contributed by atoms with Crippen molar-refractivity contribution in [2.45, 2.75) is 25.7 Å². The lowest BCUT2D eigenvalue weighted by molar-refractivity contribution is -0.125. The van der Waals surface area contributed by atoms with Gasteiger partial charge in [0.25, 0.3) is 0 Å². The highest BCUT2D eigenvalue weighted by Gasteiger charge is 2.54. The van der Waals surface area contributed by atoms with Crippen LogP contribution in [0, 0.1) is 13.8 Å². The molecule has 0 saturated carbocycles. The summed E-state index contributed by atoms with van der Waals surface area (Å²) in [4.78, 5) is 25.7. The predicted octanol–water partition coefficient (Wildman–Crippen LogP) is 3.07. The molecule has 1 spiro atoms. The van der Waals surface area contributed by atoms with Gasteiger partial charge in [0.15, 0.2) is 0 Å². The van der Waals surface area contributed by atoms with Gasteiger partial charge < -0.3 is 10.6 Å². The second-order valence-electron chi connectivity index (χ2n) is 7.24. The summed E-state index contributed by atoms with van der Waals surface area (Å²) in [5, 5.41) is 10.4. The van der Waals surface area contributed by atoms with E-state index in [0.717, 1.165) is 33.6 Å². The first-order valence-electron chi connectivity index (χ1n) is 8.87. The smallest absolute Gasteiger partial charge is 0.240 e. The monoisotopic (exact) mass is 358 g/mol. The number of nitrogens with one attached hydrogen (secondary N) is 2. The van der Waals surface area contributed by atoms with E-state index < -0.39 is 5.41 Å². The molecule has 2 N–H and O–H groups in total. The number of benzene rings is 2. The predicted molar refractivity (Wildman–Crippen MR) is 102 cm³/mol. The molecule has 2 aliphatic rings. The highest BCUT2D eigenvalue weighted by Crippen LogP contribution is 2.50. The third kappa shape index (κ3) is 2.04. The molecule has 2 aromatic carbocycles. The number of amides is 2. The Morgan fingerprint density at radius 1 is 1.04 bits per heavy atom. The van der Waals surface area contributed by atoms with Crippen LogP contribution < -0.4 is 10.6 Å². The van der Waals surface area contributed by atoms with Gasteiger partial charge in [0.1, 0.15) is 11.2 Å². The minimum atomic E-state index is -1.04. The van der Waals surface area contributed by atoms with Crippen molar-refractivity contribution in [3.63, 3.8) is 0 Å². The second-order valence-corrected chi connectivity index (χ2v) is 7.24. The van der Waals surface area contributed by atoms with Gasteiger partial charge >= 0.3 is 0 Å². The van der Waals surface area contributed by atoms with Gasteiger partial charge in [-0.25, -0.2) is 4.68 Å². The van der Waals surface area contributed by atoms with E-state index in [-0.39, 0.29) is 18.2 Å². The molecule has 0 unspecified atom stereocenters. The quantitative estimate of drug-likeness (QED) is 0.702. The zero-order chi connectivity index (χ0) is 18.8. The lowest BCUT2D eigenvalue weighted by atomic mass is 9.72. The highest BCUT2D eigenvalue weighted by molar-refractivity contribution is 6.14. The molecule has 3 aromatic rings. The number of carbonyl (C=O) groups excluding carboxylic acids is 2. The summed E-state index contributed by atoms with van der Waals surface area (Å²) in [7, 11) is 0. The molecule has 2 amide bonds. The maximum atomic E-state index is 13.1. The van der Waals surface area contributed by atoms with Crippen LogP contribution in [0.1, 0.15) is 28.7 Å². The van der Waals surface area contributed by atoms with Crippen LogP contribution in [-0.2, 0) is 15.0 Å². The number of aromatic nitrogens is 2. The van der Waals surface area contributed by atoms with E-state index in [2.05, 4.69) is 15.7 Å². The zero-order valence-corrected chi connectivity index (χ0v) is 15.0. The molecule has 2 aliphatic heterocycles. The molecular formula is C21H18N4O2. The number of hydrogen-bond acceptors (Lipinski definition) is 3. The van der Waals surface area contributed by atoms with Gasteiger partial charge in [0.2, 0.25) is 11.8 Å². The van der Waals surface area contributed by atoms with Gasteiger partial charge in [0, 0.05) is 17.7 Å². The SMILES string of the molecule is Cc1ccc(C)c(-n2ncc3c2NC(=O)C[C@@]32C(=O)Nc3ccccc32)c1. The summed E-state index contributed by atoms with van der Waals surface area (Å²) < 4.78 is 1.73. The van der Waals surface area contributed by atoms with Crippen molar-refractivity contribution in [2.75, 3.05) is 10.6 Å². The third-order valence-electron chi connectivity index (χ3n) is 5.53. The Bertz CT molecular complexity index is 1130. The highest BCUT2D eigenvalue weighted by atomic mass is 16.2. The minimum Gasteiger partial charge on any atom is -0.325 e. The van der Waals surface area contributed by atoms with Gasteiger partial charge in [-0.05, 0) is 42.7 Å². The number of nitrogens with zero attached hydrogens (tertiary/aromatic N) is 2.